The Morgan fingerprint density at radius 2 is 2.16 bits per heavy atom. The minimum atomic E-state index is -0.604. The first kappa shape index (κ1) is 20.7. The summed E-state index contributed by atoms with van der Waals surface area (Å²) in [5.74, 6) is -0.828. The first-order chi connectivity index (χ1) is 15.1. The molecule has 9 nitrogen and oxygen atoms in total. The van der Waals surface area contributed by atoms with Gasteiger partial charge in [-0.2, -0.15) is 4.98 Å². The Balaban J connectivity index is 1.52. The lowest BCUT2D eigenvalue weighted by molar-refractivity contribution is -0.129. The van der Waals surface area contributed by atoms with Gasteiger partial charge in [-0.25, -0.2) is 4.39 Å². The van der Waals surface area contributed by atoms with Gasteiger partial charge in [0.2, 0.25) is 5.91 Å². The lowest BCUT2D eigenvalue weighted by Crippen LogP contribution is -2.51. The van der Waals surface area contributed by atoms with Gasteiger partial charge in [-0.05, 0) is 18.2 Å². The second-order valence-electron chi connectivity index (χ2n) is 7.17. The minimum Gasteiger partial charge on any atom is -0.469 e. The maximum Gasteiger partial charge on any atom is 0.293 e. The number of carbonyl (C=O) groups excluding carboxylic acids is 2. The Labute approximate surface area is 178 Å². The minimum absolute atomic E-state index is 0.0990. The van der Waals surface area contributed by atoms with Gasteiger partial charge < -0.3 is 18.9 Å². The third-order valence-corrected chi connectivity index (χ3v) is 5.12. The molecule has 4 heterocycles. The number of hydrogen-bond donors (Lipinski definition) is 0. The molecule has 1 aliphatic rings. The highest BCUT2D eigenvalue weighted by Crippen LogP contribution is 2.32. The Morgan fingerprint density at radius 1 is 1.29 bits per heavy atom. The SMILES string of the molecule is Cn1cc(N2CCN(CCOC=O)CC2=O)c2cc(F)c(OCc3ccccn3)nc21. The molecular formula is C21H22FN5O4. The Hall–Kier alpha value is -3.53. The topological polar surface area (TPSA) is 89.8 Å². The lowest BCUT2D eigenvalue weighted by atomic mass is 10.2. The number of fused-ring (bicyclic) bond motifs is 1. The highest BCUT2D eigenvalue weighted by atomic mass is 19.1. The van der Waals surface area contributed by atoms with Gasteiger partial charge in [0.1, 0.15) is 18.9 Å². The van der Waals surface area contributed by atoms with Crippen molar-refractivity contribution in [3.05, 3.63) is 48.2 Å². The van der Waals surface area contributed by atoms with Gasteiger partial charge in [0, 0.05) is 44.5 Å². The molecule has 0 N–H and O–H groups in total. The molecule has 0 atom stereocenters. The molecule has 1 saturated heterocycles. The zero-order valence-electron chi connectivity index (χ0n) is 17.0. The second-order valence-corrected chi connectivity index (χ2v) is 7.17. The van der Waals surface area contributed by atoms with Gasteiger partial charge in [0.25, 0.3) is 12.4 Å². The second kappa shape index (κ2) is 9.09. The van der Waals surface area contributed by atoms with Crippen molar-refractivity contribution >= 4 is 29.1 Å². The van der Waals surface area contributed by atoms with Crippen LogP contribution in [-0.4, -0.2) is 64.6 Å². The molecule has 1 amide bonds. The summed E-state index contributed by atoms with van der Waals surface area (Å²) in [6, 6.07) is 6.75. The van der Waals surface area contributed by atoms with Gasteiger partial charge >= 0.3 is 0 Å². The normalized spacial score (nSPS) is 14.8. The molecule has 1 aliphatic heterocycles. The van der Waals surface area contributed by atoms with E-state index in [0.717, 1.165) is 0 Å². The van der Waals surface area contributed by atoms with E-state index in [-0.39, 0.29) is 31.5 Å². The van der Waals surface area contributed by atoms with Crippen LogP contribution >= 0.6 is 0 Å². The maximum absolute atomic E-state index is 14.7. The number of pyridine rings is 2. The van der Waals surface area contributed by atoms with Crippen LogP contribution in [0.5, 0.6) is 5.88 Å². The summed E-state index contributed by atoms with van der Waals surface area (Å²) in [6.07, 6.45) is 3.41. The summed E-state index contributed by atoms with van der Waals surface area (Å²) in [6.45, 7) is 2.47. The van der Waals surface area contributed by atoms with Crippen molar-refractivity contribution in [2.24, 2.45) is 7.05 Å². The standard InChI is InChI=1S/C21H22FN5O4/c1-25-11-18(27-7-6-26(12-19(27)29)8-9-30-14-28)16-10-17(22)21(24-20(16)25)31-13-15-4-2-3-5-23-15/h2-5,10-11,14H,6-9,12-13H2,1H3. The van der Waals surface area contributed by atoms with Crippen LogP contribution in [0.15, 0.2) is 36.7 Å². The fourth-order valence-corrected chi connectivity index (χ4v) is 3.57. The largest absolute Gasteiger partial charge is 0.469 e. The van der Waals surface area contributed by atoms with Gasteiger partial charge in [-0.3, -0.25) is 19.5 Å². The van der Waals surface area contributed by atoms with E-state index < -0.39 is 5.82 Å². The number of aryl methyl sites for hydroxylation is 1. The number of halogens is 1. The first-order valence-electron chi connectivity index (χ1n) is 9.83. The van der Waals surface area contributed by atoms with E-state index in [0.29, 0.717) is 48.5 Å². The van der Waals surface area contributed by atoms with Crippen molar-refractivity contribution in [2.45, 2.75) is 6.61 Å². The monoisotopic (exact) mass is 427 g/mol. The van der Waals surface area contributed by atoms with Crippen LogP contribution in [0.3, 0.4) is 0 Å². The zero-order chi connectivity index (χ0) is 21.8. The van der Waals surface area contributed by atoms with Crippen LogP contribution in [0.4, 0.5) is 10.1 Å². The van der Waals surface area contributed by atoms with Crippen LogP contribution in [0, 0.1) is 5.82 Å². The number of anilines is 1. The summed E-state index contributed by atoms with van der Waals surface area (Å²) >= 11 is 0. The van der Waals surface area contributed by atoms with E-state index in [1.807, 2.05) is 11.0 Å². The third-order valence-electron chi connectivity index (χ3n) is 5.12. The van der Waals surface area contributed by atoms with Crippen molar-refractivity contribution in [1.29, 1.82) is 0 Å². The molecule has 0 bridgehead atoms. The molecule has 0 aromatic carbocycles. The number of piperazine rings is 1. The Morgan fingerprint density at radius 3 is 2.90 bits per heavy atom. The molecular weight excluding hydrogens is 405 g/mol. The fourth-order valence-electron chi connectivity index (χ4n) is 3.57. The molecule has 4 rings (SSSR count). The average Bonchev–Trinajstić information content (AvgIpc) is 3.08. The fraction of sp³-hybridized carbons (Fsp3) is 0.333. The Bertz CT molecular complexity index is 1090. The predicted octanol–water partition coefficient (Wildman–Crippen LogP) is 1.51. The lowest BCUT2D eigenvalue weighted by Gasteiger charge is -2.33. The van der Waals surface area contributed by atoms with Crippen LogP contribution in [0.2, 0.25) is 0 Å². The average molecular weight is 427 g/mol. The molecule has 162 valence electrons. The van der Waals surface area contributed by atoms with Gasteiger partial charge in [-0.15, -0.1) is 0 Å². The predicted molar refractivity (Wildman–Crippen MR) is 110 cm³/mol. The molecule has 0 unspecified atom stereocenters. The number of nitrogens with zero attached hydrogens (tertiary/aromatic N) is 5. The summed E-state index contributed by atoms with van der Waals surface area (Å²) < 4.78 is 26.7. The van der Waals surface area contributed by atoms with E-state index in [1.165, 1.54) is 6.07 Å². The number of ether oxygens (including phenoxy) is 2. The molecule has 0 aliphatic carbocycles. The first-order valence-corrected chi connectivity index (χ1v) is 9.83. The molecule has 1 fully saturated rings. The van der Waals surface area contributed by atoms with Crippen LogP contribution < -0.4 is 9.64 Å². The van der Waals surface area contributed by atoms with Crippen molar-refractivity contribution in [3.8, 4) is 5.88 Å². The number of carbonyl (C=O) groups is 2. The molecule has 0 spiro atoms. The smallest absolute Gasteiger partial charge is 0.293 e. The van der Waals surface area contributed by atoms with Crippen molar-refractivity contribution < 1.29 is 23.5 Å². The maximum atomic E-state index is 14.7. The number of amides is 1. The van der Waals surface area contributed by atoms with Crippen molar-refractivity contribution in [2.75, 3.05) is 37.7 Å². The number of rotatable bonds is 8. The molecule has 3 aromatic heterocycles. The van der Waals surface area contributed by atoms with Gasteiger partial charge in [0.05, 0.1) is 17.9 Å². The third kappa shape index (κ3) is 4.48. The summed E-state index contributed by atoms with van der Waals surface area (Å²) in [5.41, 5.74) is 1.79. The van der Waals surface area contributed by atoms with E-state index in [1.54, 1.807) is 41.0 Å². The van der Waals surface area contributed by atoms with Crippen molar-refractivity contribution in [1.82, 2.24) is 19.4 Å². The molecule has 10 heteroatoms. The van der Waals surface area contributed by atoms with Crippen molar-refractivity contribution in [3.63, 3.8) is 0 Å². The van der Waals surface area contributed by atoms with Crippen LogP contribution in [-0.2, 0) is 28.0 Å². The molecule has 3 aromatic rings. The number of aromatic nitrogens is 3. The Kier molecular flexibility index (Phi) is 6.08. The van der Waals surface area contributed by atoms with E-state index in [9.17, 15) is 14.0 Å². The van der Waals surface area contributed by atoms with Crippen LogP contribution in [0.1, 0.15) is 5.69 Å². The summed E-state index contributed by atoms with van der Waals surface area (Å²) in [7, 11) is 1.79. The highest BCUT2D eigenvalue weighted by molar-refractivity contribution is 6.04. The highest BCUT2D eigenvalue weighted by Gasteiger charge is 2.28. The zero-order valence-corrected chi connectivity index (χ0v) is 17.0. The molecule has 0 saturated carbocycles. The van der Waals surface area contributed by atoms with Crippen LogP contribution in [0.25, 0.3) is 11.0 Å². The molecule has 31 heavy (non-hydrogen) atoms. The summed E-state index contributed by atoms with van der Waals surface area (Å²) in [5, 5.41) is 0.538. The van der Waals surface area contributed by atoms with Gasteiger partial charge in [-0.1, -0.05) is 6.07 Å². The summed E-state index contributed by atoms with van der Waals surface area (Å²) in [4.78, 5) is 35.0. The number of hydrogen-bond acceptors (Lipinski definition) is 7. The quantitative estimate of drug-likeness (QED) is 0.398. The van der Waals surface area contributed by atoms with E-state index in [4.69, 9.17) is 9.47 Å². The molecule has 0 radical (unpaired) electrons. The van der Waals surface area contributed by atoms with Gasteiger partial charge in [0.15, 0.2) is 5.82 Å². The van der Waals surface area contributed by atoms with E-state index >= 15 is 0 Å². The van der Waals surface area contributed by atoms with E-state index in [2.05, 4.69) is 9.97 Å².